The van der Waals surface area contributed by atoms with E-state index < -0.39 is 0 Å². The van der Waals surface area contributed by atoms with Crippen molar-refractivity contribution in [2.75, 3.05) is 24.2 Å². The molecule has 1 aromatic rings. The van der Waals surface area contributed by atoms with Crippen molar-refractivity contribution in [3.8, 4) is 0 Å². The Bertz CT molecular complexity index is 421. The molecule has 0 fully saturated rings. The molecule has 0 aromatic heterocycles. The van der Waals surface area contributed by atoms with Gasteiger partial charge in [0.05, 0.1) is 0 Å². The maximum Gasteiger partial charge on any atom is 0.321 e. The van der Waals surface area contributed by atoms with Crippen LogP contribution in [0.1, 0.15) is 17.3 Å². The smallest absolute Gasteiger partial charge is 0.321 e. The predicted octanol–water partition coefficient (Wildman–Crippen LogP) is 2.75. The number of nitrogens with one attached hydrogen (secondary N) is 1. The van der Waals surface area contributed by atoms with Crippen molar-refractivity contribution in [3.05, 3.63) is 29.8 Å². The van der Waals surface area contributed by atoms with Gasteiger partial charge in [-0.1, -0.05) is 28.1 Å². The molecule has 0 bridgehead atoms. The molecular formula is C12H15BrN2O2. The zero-order chi connectivity index (χ0) is 12.8. The normalized spacial score (nSPS) is 9.82. The summed E-state index contributed by atoms with van der Waals surface area (Å²) in [5.74, 6) is -0.0186. The van der Waals surface area contributed by atoms with Crippen LogP contribution in [0.2, 0.25) is 0 Å². The van der Waals surface area contributed by atoms with E-state index in [-0.39, 0.29) is 11.8 Å². The van der Waals surface area contributed by atoms with Gasteiger partial charge in [0.15, 0.2) is 5.78 Å². The van der Waals surface area contributed by atoms with E-state index in [1.165, 1.54) is 6.92 Å². The van der Waals surface area contributed by atoms with Gasteiger partial charge in [0.1, 0.15) is 0 Å². The summed E-state index contributed by atoms with van der Waals surface area (Å²) in [6.07, 6.45) is 0. The molecule has 0 aliphatic heterocycles. The van der Waals surface area contributed by atoms with Crippen LogP contribution in [-0.2, 0) is 0 Å². The molecule has 0 unspecified atom stereocenters. The van der Waals surface area contributed by atoms with Crippen LogP contribution in [-0.4, -0.2) is 35.6 Å². The quantitative estimate of drug-likeness (QED) is 0.686. The molecular weight excluding hydrogens is 284 g/mol. The molecule has 92 valence electrons. The average Bonchev–Trinajstić information content (AvgIpc) is 2.29. The number of halogens is 1. The van der Waals surface area contributed by atoms with Gasteiger partial charge in [-0.2, -0.15) is 0 Å². The molecule has 5 heteroatoms. The van der Waals surface area contributed by atoms with Crippen molar-refractivity contribution in [3.63, 3.8) is 0 Å². The Morgan fingerprint density at radius 3 is 2.71 bits per heavy atom. The number of carbonyl (C=O) groups is 2. The van der Waals surface area contributed by atoms with Crippen LogP contribution in [0.15, 0.2) is 24.3 Å². The number of hydrogen-bond acceptors (Lipinski definition) is 2. The summed E-state index contributed by atoms with van der Waals surface area (Å²) in [4.78, 5) is 24.4. The molecule has 4 nitrogen and oxygen atoms in total. The number of amides is 2. The molecule has 0 aliphatic rings. The first-order valence-corrected chi connectivity index (χ1v) is 6.36. The van der Waals surface area contributed by atoms with Gasteiger partial charge in [0, 0.05) is 30.2 Å². The van der Waals surface area contributed by atoms with E-state index in [1.807, 2.05) is 0 Å². The second kappa shape index (κ2) is 6.39. The van der Waals surface area contributed by atoms with E-state index in [0.717, 1.165) is 5.33 Å². The maximum absolute atomic E-state index is 11.7. The van der Waals surface area contributed by atoms with Gasteiger partial charge < -0.3 is 10.2 Å². The fourth-order valence-corrected chi connectivity index (χ4v) is 1.80. The van der Waals surface area contributed by atoms with Gasteiger partial charge in [-0.25, -0.2) is 4.79 Å². The lowest BCUT2D eigenvalue weighted by Crippen LogP contribution is -2.32. The Morgan fingerprint density at radius 1 is 1.41 bits per heavy atom. The Morgan fingerprint density at radius 2 is 2.12 bits per heavy atom. The molecule has 0 saturated heterocycles. The molecule has 17 heavy (non-hydrogen) atoms. The topological polar surface area (TPSA) is 49.4 Å². The summed E-state index contributed by atoms with van der Waals surface area (Å²) in [7, 11) is 1.71. The minimum atomic E-state index is -0.190. The number of carbonyl (C=O) groups excluding carboxylic acids is 2. The average molecular weight is 299 g/mol. The van der Waals surface area contributed by atoms with Crippen molar-refractivity contribution in [2.45, 2.75) is 6.92 Å². The van der Waals surface area contributed by atoms with Gasteiger partial charge in [-0.05, 0) is 19.1 Å². The zero-order valence-corrected chi connectivity index (χ0v) is 11.5. The highest BCUT2D eigenvalue weighted by molar-refractivity contribution is 9.09. The maximum atomic E-state index is 11.7. The summed E-state index contributed by atoms with van der Waals surface area (Å²) < 4.78 is 0. The monoisotopic (exact) mass is 298 g/mol. The van der Waals surface area contributed by atoms with Crippen molar-refractivity contribution < 1.29 is 9.59 Å². The van der Waals surface area contributed by atoms with E-state index in [9.17, 15) is 9.59 Å². The fourth-order valence-electron chi connectivity index (χ4n) is 1.26. The number of alkyl halides is 1. The third-order valence-corrected chi connectivity index (χ3v) is 2.64. The standard InChI is InChI=1S/C12H15BrN2O2/c1-9(16)10-4-3-5-11(8-10)14-12(17)15(2)7-6-13/h3-5,8H,6-7H2,1-2H3,(H,14,17). The number of urea groups is 1. The van der Waals surface area contributed by atoms with Crippen molar-refractivity contribution in [1.82, 2.24) is 4.90 Å². The minimum absolute atomic E-state index is 0.0186. The Balaban J connectivity index is 2.71. The SMILES string of the molecule is CC(=O)c1cccc(NC(=O)N(C)CCBr)c1. The number of benzene rings is 1. The highest BCUT2D eigenvalue weighted by Gasteiger charge is 2.08. The summed E-state index contributed by atoms with van der Waals surface area (Å²) in [5.41, 5.74) is 1.22. The molecule has 0 heterocycles. The van der Waals surface area contributed by atoms with Gasteiger partial charge in [0.2, 0.25) is 0 Å². The lowest BCUT2D eigenvalue weighted by atomic mass is 10.1. The first kappa shape index (κ1) is 13.7. The predicted molar refractivity (Wildman–Crippen MR) is 71.9 cm³/mol. The third kappa shape index (κ3) is 4.19. The van der Waals surface area contributed by atoms with E-state index in [1.54, 1.807) is 36.2 Å². The van der Waals surface area contributed by atoms with Crippen LogP contribution in [0.3, 0.4) is 0 Å². The molecule has 1 N–H and O–H groups in total. The van der Waals surface area contributed by atoms with Gasteiger partial charge in [0.25, 0.3) is 0 Å². The second-order valence-electron chi connectivity index (χ2n) is 3.68. The number of rotatable bonds is 4. The van der Waals surface area contributed by atoms with Gasteiger partial charge >= 0.3 is 6.03 Å². The highest BCUT2D eigenvalue weighted by Crippen LogP contribution is 2.11. The van der Waals surface area contributed by atoms with Crippen molar-refractivity contribution >= 4 is 33.4 Å². The lowest BCUT2D eigenvalue weighted by Gasteiger charge is -2.16. The first-order valence-electron chi connectivity index (χ1n) is 5.23. The molecule has 0 saturated carbocycles. The summed E-state index contributed by atoms with van der Waals surface area (Å²) in [6.45, 7) is 2.12. The molecule has 1 aromatic carbocycles. The molecule has 0 spiro atoms. The number of Topliss-reactive ketones (excluding diaryl/α,β-unsaturated/α-hetero) is 1. The number of ketones is 1. The van der Waals surface area contributed by atoms with Crippen LogP contribution in [0.25, 0.3) is 0 Å². The van der Waals surface area contributed by atoms with Crippen molar-refractivity contribution in [2.24, 2.45) is 0 Å². The summed E-state index contributed by atoms with van der Waals surface area (Å²) in [6, 6.07) is 6.70. The zero-order valence-electron chi connectivity index (χ0n) is 9.87. The van der Waals surface area contributed by atoms with Crippen molar-refractivity contribution in [1.29, 1.82) is 0 Å². The number of hydrogen-bond donors (Lipinski definition) is 1. The Labute approximate surface area is 109 Å². The second-order valence-corrected chi connectivity index (χ2v) is 4.47. The molecule has 0 radical (unpaired) electrons. The Hall–Kier alpha value is -1.36. The third-order valence-electron chi connectivity index (χ3n) is 2.29. The minimum Gasteiger partial charge on any atom is -0.327 e. The first-order chi connectivity index (χ1) is 8.04. The van der Waals surface area contributed by atoms with Gasteiger partial charge in [-0.3, -0.25) is 4.79 Å². The van der Waals surface area contributed by atoms with E-state index >= 15 is 0 Å². The van der Waals surface area contributed by atoms with E-state index in [0.29, 0.717) is 17.8 Å². The Kier molecular flexibility index (Phi) is 5.15. The van der Waals surface area contributed by atoms with Crippen LogP contribution < -0.4 is 5.32 Å². The number of anilines is 1. The van der Waals surface area contributed by atoms with Crippen LogP contribution in [0.4, 0.5) is 10.5 Å². The van der Waals surface area contributed by atoms with Gasteiger partial charge in [-0.15, -0.1) is 0 Å². The highest BCUT2D eigenvalue weighted by atomic mass is 79.9. The summed E-state index contributed by atoms with van der Waals surface area (Å²) in [5, 5.41) is 3.46. The number of nitrogens with zero attached hydrogens (tertiary/aromatic N) is 1. The lowest BCUT2D eigenvalue weighted by molar-refractivity contribution is 0.101. The van der Waals surface area contributed by atoms with Crippen LogP contribution in [0.5, 0.6) is 0 Å². The molecule has 0 atom stereocenters. The molecule has 2 amide bonds. The largest absolute Gasteiger partial charge is 0.327 e. The molecule has 0 aliphatic carbocycles. The molecule has 1 rings (SSSR count). The van der Waals surface area contributed by atoms with E-state index in [2.05, 4.69) is 21.2 Å². The fraction of sp³-hybridized carbons (Fsp3) is 0.333. The van der Waals surface area contributed by atoms with E-state index in [4.69, 9.17) is 0 Å². The van der Waals surface area contributed by atoms with Crippen LogP contribution >= 0.6 is 15.9 Å². The van der Waals surface area contributed by atoms with Crippen LogP contribution in [0, 0.1) is 0 Å². The summed E-state index contributed by atoms with van der Waals surface area (Å²) >= 11 is 3.27.